The molecule has 32 heavy (non-hydrogen) atoms. The van der Waals surface area contributed by atoms with Crippen molar-refractivity contribution in [1.82, 2.24) is 5.32 Å². The predicted molar refractivity (Wildman–Crippen MR) is 126 cm³/mol. The lowest BCUT2D eigenvalue weighted by atomic mass is 9.73. The molecule has 5 heteroatoms. The van der Waals surface area contributed by atoms with Crippen molar-refractivity contribution >= 4 is 39.4 Å². The average molecular weight is 446 g/mol. The van der Waals surface area contributed by atoms with Gasteiger partial charge in [-0.25, -0.2) is 0 Å². The topological polar surface area (TPSA) is 51.5 Å². The standard InChI is InChI=1S/C27H24ClNO3/c28-18-10-11-24-21(15-18)22(16-27(32-24)13-4-14-27)29-25(30)12-9-17-5-3-7-20-19-6-1-2-8-23(19)31-26(17)20/h1-3,5-8,10-11,15,22H,4,9,12-14,16H2,(H,29,30). The molecule has 2 aliphatic rings. The molecule has 1 atom stereocenters. The minimum atomic E-state index is -0.140. The maximum atomic E-state index is 13.0. The summed E-state index contributed by atoms with van der Waals surface area (Å²) in [5, 5.41) is 6.12. The third-order valence-corrected chi connectivity index (χ3v) is 7.19. The molecule has 1 amide bonds. The zero-order valence-corrected chi connectivity index (χ0v) is 18.5. The van der Waals surface area contributed by atoms with Gasteiger partial charge in [-0.05, 0) is 55.5 Å². The van der Waals surface area contributed by atoms with E-state index < -0.39 is 0 Å². The van der Waals surface area contributed by atoms with Gasteiger partial charge < -0.3 is 14.5 Å². The van der Waals surface area contributed by atoms with Gasteiger partial charge in [-0.15, -0.1) is 0 Å². The van der Waals surface area contributed by atoms with Crippen LogP contribution < -0.4 is 10.1 Å². The lowest BCUT2D eigenvalue weighted by Crippen LogP contribution is -2.49. The molecule has 0 bridgehead atoms. The first-order valence-corrected chi connectivity index (χ1v) is 11.7. The summed E-state index contributed by atoms with van der Waals surface area (Å²) in [6.45, 7) is 0. The van der Waals surface area contributed by atoms with Gasteiger partial charge >= 0.3 is 0 Å². The fraction of sp³-hybridized carbons (Fsp3) is 0.296. The molecule has 0 radical (unpaired) electrons. The largest absolute Gasteiger partial charge is 0.487 e. The molecule has 1 aliphatic heterocycles. The van der Waals surface area contributed by atoms with E-state index in [0.717, 1.165) is 58.1 Å². The molecule has 1 saturated carbocycles. The summed E-state index contributed by atoms with van der Waals surface area (Å²) < 4.78 is 12.4. The number of furan rings is 1. The summed E-state index contributed by atoms with van der Waals surface area (Å²) in [6.07, 6.45) is 5.07. The number of nitrogens with one attached hydrogen (secondary N) is 1. The Morgan fingerprint density at radius 3 is 2.75 bits per heavy atom. The summed E-state index contributed by atoms with van der Waals surface area (Å²) in [5.74, 6) is 0.878. The second-order valence-electron chi connectivity index (χ2n) is 9.04. The van der Waals surface area contributed by atoms with Crippen molar-refractivity contribution in [3.63, 3.8) is 0 Å². The lowest BCUT2D eigenvalue weighted by Gasteiger charge is -2.48. The smallest absolute Gasteiger partial charge is 0.220 e. The number of halogens is 1. The number of carbonyl (C=O) groups excluding carboxylic acids is 1. The quantitative estimate of drug-likeness (QED) is 0.378. The third-order valence-electron chi connectivity index (χ3n) is 6.96. The number of ether oxygens (including phenoxy) is 1. The molecular formula is C27H24ClNO3. The number of para-hydroxylation sites is 2. The van der Waals surface area contributed by atoms with Crippen LogP contribution in [0.25, 0.3) is 21.9 Å². The summed E-state index contributed by atoms with van der Waals surface area (Å²) in [4.78, 5) is 13.0. The normalized spacial score (nSPS) is 18.8. The number of hydrogen-bond acceptors (Lipinski definition) is 3. The van der Waals surface area contributed by atoms with Crippen LogP contribution in [0.15, 0.2) is 65.1 Å². The van der Waals surface area contributed by atoms with E-state index in [4.69, 9.17) is 20.8 Å². The fourth-order valence-corrected chi connectivity index (χ4v) is 5.35. The molecule has 2 heterocycles. The van der Waals surface area contributed by atoms with E-state index >= 15 is 0 Å². The van der Waals surface area contributed by atoms with Gasteiger partial charge in [0.2, 0.25) is 5.91 Å². The highest BCUT2D eigenvalue weighted by atomic mass is 35.5. The lowest BCUT2D eigenvalue weighted by molar-refractivity contribution is -0.123. The highest BCUT2D eigenvalue weighted by Gasteiger charge is 2.45. The first-order chi connectivity index (χ1) is 15.6. The number of benzene rings is 3. The SMILES string of the molecule is O=C(CCc1cccc2c1oc1ccccc12)NC1CC2(CCC2)Oc2ccc(Cl)cc21. The van der Waals surface area contributed by atoms with E-state index in [1.807, 2.05) is 48.5 Å². The van der Waals surface area contributed by atoms with E-state index in [-0.39, 0.29) is 17.6 Å². The molecule has 162 valence electrons. The van der Waals surface area contributed by atoms with Crippen LogP contribution >= 0.6 is 11.6 Å². The highest BCUT2D eigenvalue weighted by Crippen LogP contribution is 2.49. The van der Waals surface area contributed by atoms with Crippen LogP contribution in [0, 0.1) is 0 Å². The third kappa shape index (κ3) is 3.34. The van der Waals surface area contributed by atoms with Gasteiger partial charge in [0.05, 0.1) is 6.04 Å². The van der Waals surface area contributed by atoms with Crippen LogP contribution in [0.5, 0.6) is 5.75 Å². The second-order valence-corrected chi connectivity index (χ2v) is 9.47. The zero-order chi connectivity index (χ0) is 21.7. The van der Waals surface area contributed by atoms with Crippen molar-refractivity contribution in [3.05, 3.63) is 76.8 Å². The number of amides is 1. The number of rotatable bonds is 4. The van der Waals surface area contributed by atoms with Crippen LogP contribution in [0.2, 0.25) is 5.02 Å². The van der Waals surface area contributed by atoms with Crippen molar-refractivity contribution in [2.45, 2.75) is 50.2 Å². The first kappa shape index (κ1) is 19.7. The molecular weight excluding hydrogens is 422 g/mol. The minimum Gasteiger partial charge on any atom is -0.487 e. The molecule has 1 spiro atoms. The number of carbonyl (C=O) groups is 1. The zero-order valence-electron chi connectivity index (χ0n) is 17.7. The first-order valence-electron chi connectivity index (χ1n) is 11.3. The van der Waals surface area contributed by atoms with E-state index in [0.29, 0.717) is 17.9 Å². The van der Waals surface area contributed by atoms with Crippen molar-refractivity contribution in [2.75, 3.05) is 0 Å². The number of fused-ring (bicyclic) bond motifs is 4. The molecule has 1 aliphatic carbocycles. The Balaban J connectivity index is 1.21. The van der Waals surface area contributed by atoms with Crippen molar-refractivity contribution in [1.29, 1.82) is 0 Å². The molecule has 4 aromatic rings. The molecule has 1 N–H and O–H groups in total. The second kappa shape index (κ2) is 7.56. The number of hydrogen-bond donors (Lipinski definition) is 1. The molecule has 1 unspecified atom stereocenters. The van der Waals surface area contributed by atoms with Crippen LogP contribution in [-0.2, 0) is 11.2 Å². The summed E-state index contributed by atoms with van der Waals surface area (Å²) in [6, 6.07) is 19.8. The van der Waals surface area contributed by atoms with E-state index in [1.54, 1.807) is 0 Å². The van der Waals surface area contributed by atoms with E-state index in [1.165, 1.54) is 6.42 Å². The Hall–Kier alpha value is -2.98. The summed E-state index contributed by atoms with van der Waals surface area (Å²) >= 11 is 6.25. The molecule has 6 rings (SSSR count). The summed E-state index contributed by atoms with van der Waals surface area (Å²) in [5.41, 5.74) is 3.64. The van der Waals surface area contributed by atoms with Gasteiger partial charge in [0, 0.05) is 34.2 Å². The molecule has 3 aromatic carbocycles. The number of aryl methyl sites for hydroxylation is 1. The van der Waals surface area contributed by atoms with E-state index in [2.05, 4.69) is 17.4 Å². The molecule has 4 nitrogen and oxygen atoms in total. The van der Waals surface area contributed by atoms with Gasteiger partial charge in [-0.2, -0.15) is 0 Å². The van der Waals surface area contributed by atoms with Gasteiger partial charge in [0.25, 0.3) is 0 Å². The Labute approximate surface area is 191 Å². The molecule has 1 fully saturated rings. The average Bonchev–Trinajstić information content (AvgIpc) is 3.16. The van der Waals surface area contributed by atoms with Gasteiger partial charge in [0.1, 0.15) is 22.5 Å². The maximum absolute atomic E-state index is 13.0. The minimum absolute atomic E-state index is 0.0328. The van der Waals surface area contributed by atoms with Crippen LogP contribution in [0.4, 0.5) is 0 Å². The summed E-state index contributed by atoms with van der Waals surface area (Å²) in [7, 11) is 0. The van der Waals surface area contributed by atoms with Gasteiger partial charge in [-0.3, -0.25) is 4.79 Å². The Morgan fingerprint density at radius 1 is 1.06 bits per heavy atom. The van der Waals surface area contributed by atoms with Crippen LogP contribution in [-0.4, -0.2) is 11.5 Å². The van der Waals surface area contributed by atoms with Crippen LogP contribution in [0.3, 0.4) is 0 Å². The predicted octanol–water partition coefficient (Wildman–Crippen LogP) is 6.73. The fourth-order valence-electron chi connectivity index (χ4n) is 5.16. The van der Waals surface area contributed by atoms with Crippen molar-refractivity contribution in [3.8, 4) is 5.75 Å². The van der Waals surface area contributed by atoms with Crippen LogP contribution in [0.1, 0.15) is 49.3 Å². The molecule has 1 aromatic heterocycles. The Morgan fingerprint density at radius 2 is 1.91 bits per heavy atom. The van der Waals surface area contributed by atoms with E-state index in [9.17, 15) is 4.79 Å². The Kier molecular flexibility index (Phi) is 4.65. The van der Waals surface area contributed by atoms with Gasteiger partial charge in [-0.1, -0.05) is 48.0 Å². The molecule has 0 saturated heterocycles. The van der Waals surface area contributed by atoms with Crippen molar-refractivity contribution in [2.24, 2.45) is 0 Å². The monoisotopic (exact) mass is 445 g/mol. The Bertz CT molecular complexity index is 1340. The van der Waals surface area contributed by atoms with Gasteiger partial charge in [0.15, 0.2) is 0 Å². The van der Waals surface area contributed by atoms with Crippen molar-refractivity contribution < 1.29 is 13.9 Å². The maximum Gasteiger partial charge on any atom is 0.220 e. The highest BCUT2D eigenvalue weighted by molar-refractivity contribution is 6.30.